The van der Waals surface area contributed by atoms with E-state index in [2.05, 4.69) is 24.5 Å². The molecule has 2 rings (SSSR count). The van der Waals surface area contributed by atoms with E-state index in [1.54, 1.807) is 0 Å². The van der Waals surface area contributed by atoms with Gasteiger partial charge in [0.2, 0.25) is 5.91 Å². The van der Waals surface area contributed by atoms with Crippen LogP contribution in [0.1, 0.15) is 37.8 Å². The van der Waals surface area contributed by atoms with Crippen LogP contribution in [0.5, 0.6) is 5.75 Å². The van der Waals surface area contributed by atoms with Crippen molar-refractivity contribution in [2.75, 3.05) is 26.4 Å². The molecule has 1 heterocycles. The quantitative estimate of drug-likeness (QED) is 0.717. The monoisotopic (exact) mass is 334 g/mol. The van der Waals surface area contributed by atoms with E-state index >= 15 is 0 Å². The van der Waals surface area contributed by atoms with Gasteiger partial charge in [-0.15, -0.1) is 0 Å². The van der Waals surface area contributed by atoms with Gasteiger partial charge in [0.05, 0.1) is 19.8 Å². The first kappa shape index (κ1) is 18.7. The average Bonchev–Trinajstić information content (AvgIpc) is 2.58. The predicted octanol–water partition coefficient (Wildman–Crippen LogP) is 2.41. The number of rotatable bonds is 8. The number of hydrogen-bond donors (Lipinski definition) is 2. The first-order valence-electron chi connectivity index (χ1n) is 8.87. The topological polar surface area (TPSA) is 59.6 Å². The SMILES string of the molecule is Cc1ccc(CNC(=O)C2COCCN2)c(OCCCC(C)C)c1. The molecule has 0 bridgehead atoms. The van der Waals surface area contributed by atoms with E-state index in [1.165, 1.54) is 0 Å². The molecule has 1 unspecified atom stereocenters. The van der Waals surface area contributed by atoms with Crippen molar-refractivity contribution in [1.82, 2.24) is 10.6 Å². The molecule has 1 atom stereocenters. The van der Waals surface area contributed by atoms with Gasteiger partial charge < -0.3 is 20.1 Å². The zero-order chi connectivity index (χ0) is 17.4. The summed E-state index contributed by atoms with van der Waals surface area (Å²) in [6.45, 7) is 9.47. The molecule has 1 saturated heterocycles. The Kier molecular flexibility index (Phi) is 7.53. The number of aryl methyl sites for hydroxylation is 1. The van der Waals surface area contributed by atoms with Crippen LogP contribution in [0.3, 0.4) is 0 Å². The van der Waals surface area contributed by atoms with Crippen molar-refractivity contribution in [2.24, 2.45) is 5.92 Å². The van der Waals surface area contributed by atoms with Gasteiger partial charge in [0.25, 0.3) is 0 Å². The molecule has 0 saturated carbocycles. The minimum atomic E-state index is -0.264. The number of carbonyl (C=O) groups is 1. The van der Waals surface area contributed by atoms with Crippen LogP contribution in [0, 0.1) is 12.8 Å². The molecule has 0 spiro atoms. The van der Waals surface area contributed by atoms with E-state index in [0.29, 0.717) is 38.8 Å². The fraction of sp³-hybridized carbons (Fsp3) is 0.632. The van der Waals surface area contributed by atoms with Crippen LogP contribution in [0.2, 0.25) is 0 Å². The van der Waals surface area contributed by atoms with Crippen LogP contribution in [0.4, 0.5) is 0 Å². The molecule has 1 fully saturated rings. The van der Waals surface area contributed by atoms with Crippen LogP contribution in [-0.4, -0.2) is 38.3 Å². The van der Waals surface area contributed by atoms with E-state index < -0.39 is 0 Å². The molecule has 1 amide bonds. The molecule has 5 heteroatoms. The molecular formula is C19H30N2O3. The Morgan fingerprint density at radius 2 is 2.29 bits per heavy atom. The molecule has 5 nitrogen and oxygen atoms in total. The summed E-state index contributed by atoms with van der Waals surface area (Å²) in [4.78, 5) is 12.2. The predicted molar refractivity (Wildman–Crippen MR) is 95.2 cm³/mol. The van der Waals surface area contributed by atoms with Crippen molar-refractivity contribution >= 4 is 5.91 Å². The summed E-state index contributed by atoms with van der Waals surface area (Å²) in [5, 5.41) is 6.14. The first-order chi connectivity index (χ1) is 11.6. The van der Waals surface area contributed by atoms with Gasteiger partial charge in [-0.2, -0.15) is 0 Å². The molecule has 24 heavy (non-hydrogen) atoms. The zero-order valence-corrected chi connectivity index (χ0v) is 15.1. The summed E-state index contributed by atoms with van der Waals surface area (Å²) in [5.74, 6) is 1.53. The Hall–Kier alpha value is -1.59. The molecule has 0 aliphatic carbocycles. The smallest absolute Gasteiger partial charge is 0.239 e. The standard InChI is InChI=1S/C19H30N2O3/c1-14(2)5-4-9-24-18-11-15(3)6-7-16(18)12-21-19(22)17-13-23-10-8-20-17/h6-7,11,14,17,20H,4-5,8-10,12-13H2,1-3H3,(H,21,22). The highest BCUT2D eigenvalue weighted by Crippen LogP contribution is 2.21. The van der Waals surface area contributed by atoms with Crippen LogP contribution < -0.4 is 15.4 Å². The van der Waals surface area contributed by atoms with E-state index in [9.17, 15) is 4.79 Å². The van der Waals surface area contributed by atoms with E-state index in [4.69, 9.17) is 9.47 Å². The van der Waals surface area contributed by atoms with Gasteiger partial charge in [-0.1, -0.05) is 26.0 Å². The summed E-state index contributed by atoms with van der Waals surface area (Å²) in [7, 11) is 0. The van der Waals surface area contributed by atoms with Crippen molar-refractivity contribution < 1.29 is 14.3 Å². The Morgan fingerprint density at radius 3 is 3.00 bits per heavy atom. The maximum Gasteiger partial charge on any atom is 0.239 e. The lowest BCUT2D eigenvalue weighted by Crippen LogP contribution is -2.51. The zero-order valence-electron chi connectivity index (χ0n) is 15.1. The number of benzene rings is 1. The van der Waals surface area contributed by atoms with Gasteiger partial charge in [0, 0.05) is 18.7 Å². The van der Waals surface area contributed by atoms with E-state index in [1.807, 2.05) is 25.1 Å². The third kappa shape index (κ3) is 6.13. The lowest BCUT2D eigenvalue weighted by Gasteiger charge is -2.23. The van der Waals surface area contributed by atoms with Crippen LogP contribution in [0.25, 0.3) is 0 Å². The molecule has 1 aliphatic heterocycles. The highest BCUT2D eigenvalue weighted by molar-refractivity contribution is 5.82. The third-order valence-electron chi connectivity index (χ3n) is 4.10. The second-order valence-corrected chi connectivity index (χ2v) is 6.80. The van der Waals surface area contributed by atoms with Gasteiger partial charge >= 0.3 is 0 Å². The van der Waals surface area contributed by atoms with Gasteiger partial charge in [-0.25, -0.2) is 0 Å². The Balaban J connectivity index is 1.87. The molecule has 1 aromatic carbocycles. The highest BCUT2D eigenvalue weighted by Gasteiger charge is 2.21. The average molecular weight is 334 g/mol. The fourth-order valence-corrected chi connectivity index (χ4v) is 2.66. The number of morpholine rings is 1. The van der Waals surface area contributed by atoms with Gasteiger partial charge in [-0.05, 0) is 37.3 Å². The fourth-order valence-electron chi connectivity index (χ4n) is 2.66. The maximum atomic E-state index is 12.2. The summed E-state index contributed by atoms with van der Waals surface area (Å²) in [6.07, 6.45) is 2.20. The van der Waals surface area contributed by atoms with Gasteiger partial charge in [-0.3, -0.25) is 4.79 Å². The van der Waals surface area contributed by atoms with Crippen LogP contribution in [0.15, 0.2) is 18.2 Å². The molecule has 1 aliphatic rings. The lowest BCUT2D eigenvalue weighted by molar-refractivity contribution is -0.126. The Labute approximate surface area is 145 Å². The lowest BCUT2D eigenvalue weighted by atomic mass is 10.1. The molecular weight excluding hydrogens is 304 g/mol. The second-order valence-electron chi connectivity index (χ2n) is 6.80. The number of nitrogens with one attached hydrogen (secondary N) is 2. The van der Waals surface area contributed by atoms with Crippen LogP contribution >= 0.6 is 0 Å². The summed E-state index contributed by atoms with van der Waals surface area (Å²) in [6, 6.07) is 5.85. The third-order valence-corrected chi connectivity index (χ3v) is 4.10. The van der Waals surface area contributed by atoms with Crippen molar-refractivity contribution in [2.45, 2.75) is 46.2 Å². The number of carbonyl (C=O) groups excluding carboxylic acids is 1. The van der Waals surface area contributed by atoms with Crippen LogP contribution in [-0.2, 0) is 16.1 Å². The minimum absolute atomic E-state index is 0.0268. The molecule has 0 aromatic heterocycles. The van der Waals surface area contributed by atoms with Crippen molar-refractivity contribution in [3.05, 3.63) is 29.3 Å². The van der Waals surface area contributed by atoms with Crippen molar-refractivity contribution in [3.8, 4) is 5.75 Å². The Morgan fingerprint density at radius 1 is 1.46 bits per heavy atom. The molecule has 1 aromatic rings. The van der Waals surface area contributed by atoms with Gasteiger partial charge in [0.15, 0.2) is 0 Å². The van der Waals surface area contributed by atoms with Crippen molar-refractivity contribution in [1.29, 1.82) is 0 Å². The molecule has 134 valence electrons. The van der Waals surface area contributed by atoms with Crippen molar-refractivity contribution in [3.63, 3.8) is 0 Å². The summed E-state index contributed by atoms with van der Waals surface area (Å²) in [5.41, 5.74) is 2.17. The second kappa shape index (κ2) is 9.64. The van der Waals surface area contributed by atoms with E-state index in [0.717, 1.165) is 29.7 Å². The number of ether oxygens (including phenoxy) is 2. The largest absolute Gasteiger partial charge is 0.493 e. The normalized spacial score (nSPS) is 17.8. The number of hydrogen-bond acceptors (Lipinski definition) is 4. The highest BCUT2D eigenvalue weighted by atomic mass is 16.5. The Bertz CT molecular complexity index is 525. The first-order valence-corrected chi connectivity index (χ1v) is 8.87. The minimum Gasteiger partial charge on any atom is -0.493 e. The summed E-state index contributed by atoms with van der Waals surface area (Å²) >= 11 is 0. The molecule has 2 N–H and O–H groups in total. The van der Waals surface area contributed by atoms with Gasteiger partial charge in [0.1, 0.15) is 11.8 Å². The summed E-state index contributed by atoms with van der Waals surface area (Å²) < 4.78 is 11.3. The van der Waals surface area contributed by atoms with E-state index in [-0.39, 0.29) is 11.9 Å². The maximum absolute atomic E-state index is 12.2. The molecule has 0 radical (unpaired) electrons. The number of amides is 1.